The molecule has 0 radical (unpaired) electrons. The number of nitrogens with zero attached hydrogens (tertiary/aromatic N) is 4. The van der Waals surface area contributed by atoms with Gasteiger partial charge in [0.1, 0.15) is 11.3 Å². The zero-order valence-corrected chi connectivity index (χ0v) is 13.6. The second-order valence-electron chi connectivity index (χ2n) is 6.05. The Morgan fingerprint density at radius 3 is 2.82 bits per heavy atom. The normalized spacial score (nSPS) is 25.5. The summed E-state index contributed by atoms with van der Waals surface area (Å²) in [6, 6.07) is 0. The summed E-state index contributed by atoms with van der Waals surface area (Å²) in [7, 11) is 0. The van der Waals surface area contributed by atoms with E-state index in [2.05, 4.69) is 5.10 Å². The van der Waals surface area contributed by atoms with Gasteiger partial charge in [0.25, 0.3) is 5.96 Å². The molecule has 2 saturated heterocycles. The molecule has 2 aliphatic heterocycles. The zero-order chi connectivity index (χ0) is 16.1. The molecule has 0 aromatic carbocycles. The molecule has 0 aromatic rings. The summed E-state index contributed by atoms with van der Waals surface area (Å²) in [6.45, 7) is 9.64. The van der Waals surface area contributed by atoms with Crippen LogP contribution in [0.5, 0.6) is 0 Å². The van der Waals surface area contributed by atoms with Crippen LogP contribution in [0.1, 0.15) is 33.6 Å². The van der Waals surface area contributed by atoms with E-state index in [-0.39, 0.29) is 12.3 Å². The van der Waals surface area contributed by atoms with Crippen molar-refractivity contribution in [2.45, 2.75) is 45.9 Å². The van der Waals surface area contributed by atoms with E-state index in [9.17, 15) is 10.1 Å². The van der Waals surface area contributed by atoms with E-state index in [4.69, 9.17) is 9.47 Å². The maximum absolute atomic E-state index is 10.9. The first-order chi connectivity index (χ1) is 10.5. The minimum atomic E-state index is -0.617. The van der Waals surface area contributed by atoms with Gasteiger partial charge in [0, 0.05) is 32.2 Å². The SMILES string of the molecule is CCC(OC(C)C)N1CCN(CC2CCOC2)C1=N[N+](=O)[O-]. The van der Waals surface area contributed by atoms with Gasteiger partial charge in [-0.25, -0.2) is 10.1 Å². The van der Waals surface area contributed by atoms with Crippen molar-refractivity contribution in [3.8, 4) is 0 Å². The molecule has 0 bridgehead atoms. The van der Waals surface area contributed by atoms with Gasteiger partial charge in [0.2, 0.25) is 0 Å². The van der Waals surface area contributed by atoms with Crippen molar-refractivity contribution in [3.05, 3.63) is 10.1 Å². The molecule has 8 nitrogen and oxygen atoms in total. The molecule has 8 heteroatoms. The molecule has 0 aliphatic carbocycles. The summed E-state index contributed by atoms with van der Waals surface area (Å²) in [5.41, 5.74) is 0. The monoisotopic (exact) mass is 314 g/mol. The van der Waals surface area contributed by atoms with Crippen molar-refractivity contribution in [2.75, 3.05) is 32.8 Å². The predicted molar refractivity (Wildman–Crippen MR) is 81.9 cm³/mol. The third kappa shape index (κ3) is 4.30. The van der Waals surface area contributed by atoms with Crippen LogP contribution in [0.4, 0.5) is 0 Å². The lowest BCUT2D eigenvalue weighted by atomic mass is 10.1. The highest BCUT2D eigenvalue weighted by Gasteiger charge is 2.36. The molecular weight excluding hydrogens is 288 g/mol. The van der Waals surface area contributed by atoms with E-state index in [1.165, 1.54) is 0 Å². The summed E-state index contributed by atoms with van der Waals surface area (Å²) in [5.74, 6) is 0.840. The third-order valence-corrected chi connectivity index (χ3v) is 3.95. The average Bonchev–Trinajstić information content (AvgIpc) is 3.07. The first-order valence-electron chi connectivity index (χ1n) is 7.99. The van der Waals surface area contributed by atoms with Crippen molar-refractivity contribution in [2.24, 2.45) is 11.0 Å². The lowest BCUT2D eigenvalue weighted by Crippen LogP contribution is -2.44. The summed E-state index contributed by atoms with van der Waals surface area (Å²) < 4.78 is 11.3. The number of hydrazone groups is 1. The van der Waals surface area contributed by atoms with Gasteiger partial charge in [0.15, 0.2) is 5.03 Å². The van der Waals surface area contributed by atoms with Crippen LogP contribution in [-0.2, 0) is 9.47 Å². The van der Waals surface area contributed by atoms with Crippen LogP contribution in [0, 0.1) is 16.0 Å². The number of ether oxygens (including phenoxy) is 2. The van der Waals surface area contributed by atoms with Crippen LogP contribution >= 0.6 is 0 Å². The Labute approximate surface area is 131 Å². The van der Waals surface area contributed by atoms with E-state index >= 15 is 0 Å². The molecule has 0 saturated carbocycles. The maximum atomic E-state index is 10.9. The first-order valence-corrected chi connectivity index (χ1v) is 7.99. The van der Waals surface area contributed by atoms with Gasteiger partial charge in [-0.05, 0) is 26.7 Å². The molecule has 2 fully saturated rings. The second kappa shape index (κ2) is 7.73. The largest absolute Gasteiger partial charge is 0.381 e. The van der Waals surface area contributed by atoms with Crippen LogP contribution < -0.4 is 0 Å². The van der Waals surface area contributed by atoms with Gasteiger partial charge in [-0.1, -0.05) is 6.92 Å². The number of hydrogen-bond acceptors (Lipinski definition) is 4. The van der Waals surface area contributed by atoms with Crippen LogP contribution in [0.2, 0.25) is 0 Å². The lowest BCUT2D eigenvalue weighted by Gasteiger charge is -2.30. The fourth-order valence-electron chi connectivity index (χ4n) is 2.99. The van der Waals surface area contributed by atoms with E-state index in [1.807, 2.05) is 30.6 Å². The molecule has 126 valence electrons. The van der Waals surface area contributed by atoms with Crippen LogP contribution in [0.25, 0.3) is 0 Å². The van der Waals surface area contributed by atoms with Crippen molar-refractivity contribution in [1.82, 2.24) is 9.80 Å². The van der Waals surface area contributed by atoms with Crippen molar-refractivity contribution in [1.29, 1.82) is 0 Å². The Hall–Kier alpha value is -1.41. The number of guanidine groups is 1. The molecule has 2 aliphatic rings. The van der Waals surface area contributed by atoms with E-state index in [0.29, 0.717) is 18.4 Å². The average molecular weight is 314 g/mol. The fourth-order valence-corrected chi connectivity index (χ4v) is 2.99. The Bertz CT molecular complexity index is 410. The predicted octanol–water partition coefficient (Wildman–Crippen LogP) is 1.35. The second-order valence-corrected chi connectivity index (χ2v) is 6.05. The van der Waals surface area contributed by atoms with E-state index in [1.54, 1.807) is 0 Å². The van der Waals surface area contributed by atoms with Crippen LogP contribution in [0.3, 0.4) is 0 Å². The first kappa shape index (κ1) is 17.0. The van der Waals surface area contributed by atoms with Gasteiger partial charge in [-0.3, -0.25) is 0 Å². The number of hydrogen-bond donors (Lipinski definition) is 0. The topological polar surface area (TPSA) is 80.4 Å². The summed E-state index contributed by atoms with van der Waals surface area (Å²) in [6.07, 6.45) is 1.65. The zero-order valence-electron chi connectivity index (χ0n) is 13.6. The Morgan fingerprint density at radius 2 is 2.27 bits per heavy atom. The van der Waals surface area contributed by atoms with Crippen molar-refractivity contribution >= 4 is 5.96 Å². The van der Waals surface area contributed by atoms with Crippen molar-refractivity contribution in [3.63, 3.8) is 0 Å². The number of nitro groups is 1. The quantitative estimate of drug-likeness (QED) is 0.521. The molecular formula is C14H26N4O4. The highest BCUT2D eigenvalue weighted by atomic mass is 16.7. The van der Waals surface area contributed by atoms with Gasteiger partial charge < -0.3 is 19.3 Å². The summed E-state index contributed by atoms with van der Waals surface area (Å²) in [4.78, 5) is 14.8. The fraction of sp³-hybridized carbons (Fsp3) is 0.929. The Morgan fingerprint density at radius 1 is 1.50 bits per heavy atom. The van der Waals surface area contributed by atoms with Crippen LogP contribution in [-0.4, -0.2) is 66.0 Å². The van der Waals surface area contributed by atoms with Gasteiger partial charge in [-0.2, -0.15) is 0 Å². The molecule has 2 atom stereocenters. The molecule has 2 unspecified atom stereocenters. The highest BCUT2D eigenvalue weighted by Crippen LogP contribution is 2.21. The number of rotatable bonds is 7. The van der Waals surface area contributed by atoms with E-state index < -0.39 is 5.03 Å². The smallest absolute Gasteiger partial charge is 0.276 e. The Kier molecular flexibility index (Phi) is 5.96. The lowest BCUT2D eigenvalue weighted by molar-refractivity contribution is -0.486. The Balaban J connectivity index is 2.10. The van der Waals surface area contributed by atoms with Crippen LogP contribution in [0.15, 0.2) is 5.10 Å². The summed E-state index contributed by atoms with van der Waals surface area (Å²) >= 11 is 0. The molecule has 0 aromatic heterocycles. The van der Waals surface area contributed by atoms with Crippen molar-refractivity contribution < 1.29 is 14.5 Å². The minimum absolute atomic E-state index is 0.0686. The molecule has 0 spiro atoms. The molecule has 0 amide bonds. The van der Waals surface area contributed by atoms with Gasteiger partial charge in [0.05, 0.1) is 12.7 Å². The molecule has 0 N–H and O–H groups in total. The van der Waals surface area contributed by atoms with Gasteiger partial charge in [-0.15, -0.1) is 0 Å². The van der Waals surface area contributed by atoms with E-state index in [0.717, 1.165) is 39.1 Å². The van der Waals surface area contributed by atoms with Gasteiger partial charge >= 0.3 is 0 Å². The highest BCUT2D eigenvalue weighted by molar-refractivity contribution is 5.81. The third-order valence-electron chi connectivity index (χ3n) is 3.95. The molecule has 2 rings (SSSR count). The standard InChI is InChI=1S/C14H26N4O4/c1-4-13(22-11(2)3)17-7-6-16(14(17)15-18(19)20)9-12-5-8-21-10-12/h11-13H,4-10H2,1-3H3. The minimum Gasteiger partial charge on any atom is -0.381 e. The summed E-state index contributed by atoms with van der Waals surface area (Å²) in [5, 5.41) is 13.9. The molecule has 22 heavy (non-hydrogen) atoms. The molecule has 2 heterocycles. The maximum Gasteiger partial charge on any atom is 0.276 e.